The van der Waals surface area contributed by atoms with E-state index in [9.17, 15) is 0 Å². The zero-order chi connectivity index (χ0) is 16.2. The molecule has 0 amide bonds. The van der Waals surface area contributed by atoms with E-state index in [2.05, 4.69) is 34.9 Å². The molecule has 0 spiro atoms. The van der Waals surface area contributed by atoms with Crippen molar-refractivity contribution in [2.75, 3.05) is 13.1 Å². The van der Waals surface area contributed by atoms with Crippen molar-refractivity contribution in [2.45, 2.75) is 39.7 Å². The normalized spacial score (nSPS) is 18.7. The predicted molar refractivity (Wildman–Crippen MR) is 89.1 cm³/mol. The molecule has 0 saturated carbocycles. The second kappa shape index (κ2) is 6.93. The average molecular weight is 309 g/mol. The van der Waals surface area contributed by atoms with Gasteiger partial charge in [-0.3, -0.25) is 4.90 Å². The topological polar surface area (TPSA) is 57.7 Å². The van der Waals surface area contributed by atoms with Gasteiger partial charge in [-0.15, -0.1) is 0 Å². The maximum absolute atomic E-state index is 8.92. The molecule has 3 heterocycles. The van der Waals surface area contributed by atoms with Crippen LogP contribution in [-0.2, 0) is 6.54 Å². The molecule has 1 unspecified atom stereocenters. The van der Waals surface area contributed by atoms with E-state index in [0.717, 1.165) is 36.8 Å². The van der Waals surface area contributed by atoms with Crippen LogP contribution < -0.4 is 0 Å². The summed E-state index contributed by atoms with van der Waals surface area (Å²) in [5, 5.41) is 13.6. The third-order valence-electron chi connectivity index (χ3n) is 4.67. The molecular weight excluding hydrogens is 286 g/mol. The van der Waals surface area contributed by atoms with Crippen LogP contribution in [0.4, 0.5) is 0 Å². The molecule has 5 heteroatoms. The Balaban J connectivity index is 1.79. The van der Waals surface area contributed by atoms with E-state index >= 15 is 0 Å². The second-order valence-electron chi connectivity index (χ2n) is 6.35. The number of hydrogen-bond donors (Lipinski definition) is 0. The van der Waals surface area contributed by atoms with E-state index in [1.165, 1.54) is 18.4 Å². The second-order valence-corrected chi connectivity index (χ2v) is 6.35. The zero-order valence-electron chi connectivity index (χ0n) is 13.9. The molecule has 2 aromatic heterocycles. The summed E-state index contributed by atoms with van der Waals surface area (Å²) < 4.78 is 1.93. The largest absolute Gasteiger partial charge is 0.299 e. The van der Waals surface area contributed by atoms with Gasteiger partial charge in [-0.05, 0) is 51.3 Å². The minimum Gasteiger partial charge on any atom is -0.299 e. The van der Waals surface area contributed by atoms with Crippen LogP contribution in [0.15, 0.2) is 24.4 Å². The predicted octanol–water partition coefficient (Wildman–Crippen LogP) is 3.01. The van der Waals surface area contributed by atoms with E-state index < -0.39 is 0 Å². The van der Waals surface area contributed by atoms with E-state index in [0.29, 0.717) is 12.3 Å². The number of piperidine rings is 1. The first kappa shape index (κ1) is 15.7. The fraction of sp³-hybridized carbons (Fsp3) is 0.500. The van der Waals surface area contributed by atoms with Crippen molar-refractivity contribution < 1.29 is 0 Å². The minimum absolute atomic E-state index is 0.514. The van der Waals surface area contributed by atoms with Crippen molar-refractivity contribution >= 4 is 0 Å². The summed E-state index contributed by atoms with van der Waals surface area (Å²) in [5.74, 6) is 1.38. The van der Waals surface area contributed by atoms with Crippen LogP contribution in [0.2, 0.25) is 0 Å². The first-order chi connectivity index (χ1) is 11.2. The van der Waals surface area contributed by atoms with Gasteiger partial charge in [0.1, 0.15) is 0 Å². The standard InChI is InChI=1S/C18H23N5/c1-14-17(13-22-11-5-6-16(12-22)8-9-19)15(2)23(21-14)18-7-3-4-10-20-18/h3-4,7,10,16H,5-6,8,11-13H2,1-2H3. The maximum atomic E-state index is 8.92. The minimum atomic E-state index is 0.514. The molecule has 0 aromatic carbocycles. The van der Waals surface area contributed by atoms with Gasteiger partial charge in [0.2, 0.25) is 0 Å². The molecule has 1 saturated heterocycles. The van der Waals surface area contributed by atoms with Gasteiger partial charge in [-0.25, -0.2) is 9.67 Å². The molecule has 120 valence electrons. The highest BCUT2D eigenvalue weighted by Gasteiger charge is 2.22. The molecule has 0 radical (unpaired) electrons. The summed E-state index contributed by atoms with van der Waals surface area (Å²) in [5.41, 5.74) is 3.51. The third kappa shape index (κ3) is 3.43. The molecule has 1 aliphatic heterocycles. The number of aromatic nitrogens is 3. The number of aryl methyl sites for hydroxylation is 1. The number of pyridine rings is 1. The number of nitrogens with zero attached hydrogens (tertiary/aromatic N) is 5. The van der Waals surface area contributed by atoms with Crippen molar-refractivity contribution in [3.8, 4) is 11.9 Å². The van der Waals surface area contributed by atoms with E-state index in [1.54, 1.807) is 6.20 Å². The Morgan fingerprint density at radius 3 is 2.96 bits per heavy atom. The first-order valence-corrected chi connectivity index (χ1v) is 8.25. The van der Waals surface area contributed by atoms with Crippen molar-refractivity contribution in [3.05, 3.63) is 41.3 Å². The molecule has 23 heavy (non-hydrogen) atoms. The maximum Gasteiger partial charge on any atom is 0.153 e. The SMILES string of the molecule is Cc1nn(-c2ccccn2)c(C)c1CN1CCCC(CC#N)C1. The Hall–Kier alpha value is -2.19. The summed E-state index contributed by atoms with van der Waals surface area (Å²) in [6.07, 6.45) is 4.82. The molecule has 3 rings (SSSR count). The lowest BCUT2D eigenvalue weighted by molar-refractivity contribution is 0.169. The lowest BCUT2D eigenvalue weighted by Crippen LogP contribution is -2.35. The van der Waals surface area contributed by atoms with E-state index in [-0.39, 0.29) is 0 Å². The number of nitriles is 1. The van der Waals surface area contributed by atoms with Gasteiger partial charge in [0.05, 0.1) is 11.8 Å². The fourth-order valence-corrected chi connectivity index (χ4v) is 3.42. The lowest BCUT2D eigenvalue weighted by atomic mass is 9.95. The molecule has 5 nitrogen and oxygen atoms in total. The van der Waals surface area contributed by atoms with Crippen LogP contribution in [0, 0.1) is 31.1 Å². The fourth-order valence-electron chi connectivity index (χ4n) is 3.42. The van der Waals surface area contributed by atoms with Gasteiger partial charge in [0.15, 0.2) is 5.82 Å². The Morgan fingerprint density at radius 1 is 1.35 bits per heavy atom. The molecule has 2 aromatic rings. The number of likely N-dealkylation sites (tertiary alicyclic amines) is 1. The van der Waals surface area contributed by atoms with Gasteiger partial charge >= 0.3 is 0 Å². The Morgan fingerprint density at radius 2 is 2.22 bits per heavy atom. The summed E-state index contributed by atoms with van der Waals surface area (Å²) in [4.78, 5) is 6.86. The van der Waals surface area contributed by atoms with Gasteiger partial charge in [0, 0.05) is 37.0 Å². The first-order valence-electron chi connectivity index (χ1n) is 8.25. The molecular formula is C18H23N5. The van der Waals surface area contributed by atoms with Crippen LogP contribution in [0.25, 0.3) is 5.82 Å². The van der Waals surface area contributed by atoms with Crippen molar-refractivity contribution in [2.24, 2.45) is 5.92 Å². The summed E-state index contributed by atoms with van der Waals surface area (Å²) in [7, 11) is 0. The molecule has 1 atom stereocenters. The monoisotopic (exact) mass is 309 g/mol. The van der Waals surface area contributed by atoms with Crippen molar-refractivity contribution in [1.82, 2.24) is 19.7 Å². The summed E-state index contributed by atoms with van der Waals surface area (Å²) in [6, 6.07) is 8.20. The smallest absolute Gasteiger partial charge is 0.153 e. The van der Waals surface area contributed by atoms with Gasteiger partial charge < -0.3 is 0 Å². The highest BCUT2D eigenvalue weighted by molar-refractivity contribution is 5.32. The third-order valence-corrected chi connectivity index (χ3v) is 4.67. The van der Waals surface area contributed by atoms with Crippen LogP contribution in [0.5, 0.6) is 0 Å². The zero-order valence-corrected chi connectivity index (χ0v) is 13.9. The van der Waals surface area contributed by atoms with Gasteiger partial charge in [-0.2, -0.15) is 10.4 Å². The van der Waals surface area contributed by atoms with E-state index in [4.69, 9.17) is 5.26 Å². The molecule has 1 fully saturated rings. The number of rotatable bonds is 4. The van der Waals surface area contributed by atoms with Crippen molar-refractivity contribution in [1.29, 1.82) is 5.26 Å². The van der Waals surface area contributed by atoms with Crippen LogP contribution in [0.3, 0.4) is 0 Å². The van der Waals surface area contributed by atoms with Crippen LogP contribution >= 0.6 is 0 Å². The average Bonchev–Trinajstić information content (AvgIpc) is 2.85. The van der Waals surface area contributed by atoms with E-state index in [1.807, 2.05) is 22.9 Å². The van der Waals surface area contributed by atoms with Crippen LogP contribution in [0.1, 0.15) is 36.2 Å². The highest BCUT2D eigenvalue weighted by atomic mass is 15.3. The molecule has 0 N–H and O–H groups in total. The molecule has 0 aliphatic carbocycles. The van der Waals surface area contributed by atoms with Gasteiger partial charge in [0.25, 0.3) is 0 Å². The summed E-state index contributed by atoms with van der Waals surface area (Å²) >= 11 is 0. The Labute approximate surface area is 137 Å². The quantitative estimate of drug-likeness (QED) is 0.871. The van der Waals surface area contributed by atoms with Crippen LogP contribution in [-0.4, -0.2) is 32.8 Å². The summed E-state index contributed by atoms with van der Waals surface area (Å²) in [6.45, 7) is 7.21. The molecule has 1 aliphatic rings. The lowest BCUT2D eigenvalue weighted by Gasteiger charge is -2.31. The Kier molecular flexibility index (Phi) is 4.73. The highest BCUT2D eigenvalue weighted by Crippen LogP contribution is 2.24. The van der Waals surface area contributed by atoms with Crippen molar-refractivity contribution in [3.63, 3.8) is 0 Å². The molecule has 0 bridgehead atoms. The van der Waals surface area contributed by atoms with Gasteiger partial charge in [-0.1, -0.05) is 6.07 Å². The Bertz CT molecular complexity index is 698. The number of hydrogen-bond acceptors (Lipinski definition) is 4.